The smallest absolute Gasteiger partial charge is 0.0616 e. The van der Waals surface area contributed by atoms with Gasteiger partial charge in [-0.3, -0.25) is 0 Å². The molecule has 0 aromatic heterocycles. The third kappa shape index (κ3) is 5.61. The first-order valence-electron chi connectivity index (χ1n) is 15.7. The van der Waals surface area contributed by atoms with E-state index in [0.29, 0.717) is 13.2 Å². The molecule has 1 aliphatic carbocycles. The Hall–Kier alpha value is -4.24. The normalized spacial score (nSPS) is 16.0. The zero-order valence-electron chi connectivity index (χ0n) is 25.4. The van der Waals surface area contributed by atoms with Crippen molar-refractivity contribution in [1.29, 1.82) is 0 Å². The highest BCUT2D eigenvalue weighted by molar-refractivity contribution is 6.12. The Balaban J connectivity index is 1.76. The van der Waals surface area contributed by atoms with E-state index in [2.05, 4.69) is 153 Å². The van der Waals surface area contributed by atoms with Crippen LogP contribution in [0, 0.1) is 0 Å². The number of unbranched alkanes of at least 4 members (excludes halogenated alkanes) is 1. The van der Waals surface area contributed by atoms with Crippen molar-refractivity contribution in [3.8, 4) is 22.3 Å². The molecule has 1 atom stereocenters. The number of nitrogens with one attached hydrogen (secondary N) is 1. The molecule has 0 spiro atoms. The van der Waals surface area contributed by atoms with Crippen LogP contribution < -0.4 is 5.32 Å². The summed E-state index contributed by atoms with van der Waals surface area (Å²) in [5.41, 5.74) is 12.4. The molecular weight excluding hydrogens is 522 g/mol. The second kappa shape index (κ2) is 13.4. The molecule has 216 valence electrons. The van der Waals surface area contributed by atoms with Gasteiger partial charge in [0.15, 0.2) is 0 Å². The standard InChI is InChI=1S/C41H41NO/c1-3-5-28-42-29-41(30-43-4-2)36-27-26-35(31-18-10-6-11-19-31)37(32-20-12-7-13-21-32)39(36)38(33-22-14-8-15-23-33)40(41)34-24-16-9-17-25-34/h6-27,42H,3-5,28-30H2,1-2H3. The van der Waals surface area contributed by atoms with Crippen LogP contribution in [-0.4, -0.2) is 26.3 Å². The molecule has 2 heteroatoms. The van der Waals surface area contributed by atoms with E-state index in [4.69, 9.17) is 4.74 Å². The molecule has 5 aromatic rings. The molecule has 2 nitrogen and oxygen atoms in total. The van der Waals surface area contributed by atoms with Gasteiger partial charge in [-0.15, -0.1) is 0 Å². The zero-order valence-corrected chi connectivity index (χ0v) is 25.4. The molecule has 6 rings (SSSR count). The molecule has 0 bridgehead atoms. The minimum Gasteiger partial charge on any atom is -0.380 e. The summed E-state index contributed by atoms with van der Waals surface area (Å²) < 4.78 is 6.46. The Labute approximate surface area is 257 Å². The van der Waals surface area contributed by atoms with Crippen LogP contribution in [0.5, 0.6) is 0 Å². The Morgan fingerprint density at radius 3 is 1.72 bits per heavy atom. The van der Waals surface area contributed by atoms with Crippen molar-refractivity contribution >= 4 is 11.1 Å². The molecule has 1 unspecified atom stereocenters. The van der Waals surface area contributed by atoms with Gasteiger partial charge in [0.1, 0.15) is 0 Å². The average molecular weight is 564 g/mol. The number of benzene rings is 5. The van der Waals surface area contributed by atoms with Crippen molar-refractivity contribution in [2.75, 3.05) is 26.3 Å². The number of rotatable bonds is 12. The number of hydrogen-bond acceptors (Lipinski definition) is 2. The number of hydrogen-bond donors (Lipinski definition) is 1. The molecule has 1 N–H and O–H groups in total. The van der Waals surface area contributed by atoms with Gasteiger partial charge in [0.05, 0.1) is 12.0 Å². The van der Waals surface area contributed by atoms with Crippen LogP contribution in [-0.2, 0) is 10.2 Å². The molecule has 0 heterocycles. The number of ether oxygens (including phenoxy) is 1. The second-order valence-electron chi connectivity index (χ2n) is 11.4. The first kappa shape index (κ1) is 28.9. The molecular formula is C41H41NO. The highest BCUT2D eigenvalue weighted by atomic mass is 16.5. The topological polar surface area (TPSA) is 21.3 Å². The summed E-state index contributed by atoms with van der Waals surface area (Å²) in [5, 5.41) is 3.88. The van der Waals surface area contributed by atoms with Gasteiger partial charge in [-0.25, -0.2) is 0 Å². The van der Waals surface area contributed by atoms with Crippen LogP contribution in [0.25, 0.3) is 33.4 Å². The van der Waals surface area contributed by atoms with E-state index in [1.165, 1.54) is 55.7 Å². The maximum absolute atomic E-state index is 6.46. The van der Waals surface area contributed by atoms with Gasteiger partial charge in [0.2, 0.25) is 0 Å². The van der Waals surface area contributed by atoms with Crippen LogP contribution >= 0.6 is 0 Å². The van der Waals surface area contributed by atoms with Crippen molar-refractivity contribution in [2.45, 2.75) is 32.1 Å². The summed E-state index contributed by atoms with van der Waals surface area (Å²) >= 11 is 0. The van der Waals surface area contributed by atoms with Crippen LogP contribution in [0.3, 0.4) is 0 Å². The molecule has 0 fully saturated rings. The summed E-state index contributed by atoms with van der Waals surface area (Å²) in [6.45, 7) is 7.42. The summed E-state index contributed by atoms with van der Waals surface area (Å²) in [4.78, 5) is 0. The van der Waals surface area contributed by atoms with E-state index in [0.717, 1.165) is 25.9 Å². The van der Waals surface area contributed by atoms with Crippen molar-refractivity contribution < 1.29 is 4.74 Å². The molecule has 0 aliphatic heterocycles. The summed E-state index contributed by atoms with van der Waals surface area (Å²) in [6.07, 6.45) is 2.31. The van der Waals surface area contributed by atoms with E-state index in [9.17, 15) is 0 Å². The lowest BCUT2D eigenvalue weighted by Crippen LogP contribution is -2.42. The maximum Gasteiger partial charge on any atom is 0.0616 e. The molecule has 0 saturated carbocycles. The average Bonchev–Trinajstić information content (AvgIpc) is 3.37. The van der Waals surface area contributed by atoms with Gasteiger partial charge < -0.3 is 10.1 Å². The summed E-state index contributed by atoms with van der Waals surface area (Å²) in [7, 11) is 0. The number of fused-ring (bicyclic) bond motifs is 1. The second-order valence-corrected chi connectivity index (χ2v) is 11.4. The highest BCUT2D eigenvalue weighted by Gasteiger charge is 2.47. The fourth-order valence-electron chi connectivity index (χ4n) is 6.71. The monoisotopic (exact) mass is 563 g/mol. The first-order valence-corrected chi connectivity index (χ1v) is 15.7. The van der Waals surface area contributed by atoms with Gasteiger partial charge in [0, 0.05) is 13.2 Å². The Morgan fingerprint density at radius 2 is 1.14 bits per heavy atom. The Morgan fingerprint density at radius 1 is 0.581 bits per heavy atom. The summed E-state index contributed by atoms with van der Waals surface area (Å²) in [6, 6.07) is 48.5. The molecule has 0 amide bonds. The lowest BCUT2D eigenvalue weighted by atomic mass is 9.74. The van der Waals surface area contributed by atoms with Gasteiger partial charge in [-0.05, 0) is 75.5 Å². The molecule has 0 radical (unpaired) electrons. The van der Waals surface area contributed by atoms with Gasteiger partial charge in [-0.1, -0.05) is 147 Å². The zero-order chi connectivity index (χ0) is 29.5. The highest BCUT2D eigenvalue weighted by Crippen LogP contribution is 2.57. The van der Waals surface area contributed by atoms with E-state index in [1.54, 1.807) is 0 Å². The Bertz CT molecular complexity index is 1660. The maximum atomic E-state index is 6.46. The van der Waals surface area contributed by atoms with Gasteiger partial charge in [0.25, 0.3) is 0 Å². The lowest BCUT2D eigenvalue weighted by Gasteiger charge is -2.35. The molecule has 0 saturated heterocycles. The third-order valence-electron chi connectivity index (χ3n) is 8.66. The summed E-state index contributed by atoms with van der Waals surface area (Å²) in [5.74, 6) is 0. The SMILES string of the molecule is CCCCNCC1(COCC)C(c2ccccc2)=C(c2ccccc2)c2c1ccc(-c1ccccc1)c2-c1ccccc1. The van der Waals surface area contributed by atoms with Crippen molar-refractivity contribution in [3.05, 3.63) is 156 Å². The van der Waals surface area contributed by atoms with Crippen LogP contribution in [0.1, 0.15) is 48.9 Å². The lowest BCUT2D eigenvalue weighted by molar-refractivity contribution is 0.112. The molecule has 1 aliphatic rings. The van der Waals surface area contributed by atoms with Crippen LogP contribution in [0.2, 0.25) is 0 Å². The fraction of sp³-hybridized carbons (Fsp3) is 0.220. The van der Waals surface area contributed by atoms with E-state index in [1.807, 2.05) is 0 Å². The van der Waals surface area contributed by atoms with Crippen molar-refractivity contribution in [2.24, 2.45) is 0 Å². The predicted molar refractivity (Wildman–Crippen MR) is 182 cm³/mol. The van der Waals surface area contributed by atoms with Gasteiger partial charge in [-0.2, -0.15) is 0 Å². The first-order chi connectivity index (χ1) is 21.3. The minimum absolute atomic E-state index is 0.371. The largest absolute Gasteiger partial charge is 0.380 e. The predicted octanol–water partition coefficient (Wildman–Crippen LogP) is 9.66. The van der Waals surface area contributed by atoms with E-state index < -0.39 is 0 Å². The van der Waals surface area contributed by atoms with Crippen molar-refractivity contribution in [1.82, 2.24) is 5.32 Å². The van der Waals surface area contributed by atoms with Crippen molar-refractivity contribution in [3.63, 3.8) is 0 Å². The minimum atomic E-state index is -0.371. The Kier molecular flexibility index (Phi) is 8.98. The van der Waals surface area contributed by atoms with Crippen LogP contribution in [0.4, 0.5) is 0 Å². The third-order valence-corrected chi connectivity index (χ3v) is 8.66. The molecule has 43 heavy (non-hydrogen) atoms. The van der Waals surface area contributed by atoms with Gasteiger partial charge >= 0.3 is 0 Å². The fourth-order valence-corrected chi connectivity index (χ4v) is 6.71. The quantitative estimate of drug-likeness (QED) is 0.153. The van der Waals surface area contributed by atoms with Crippen LogP contribution in [0.15, 0.2) is 133 Å². The molecule has 5 aromatic carbocycles. The van der Waals surface area contributed by atoms with E-state index in [-0.39, 0.29) is 5.41 Å². The van der Waals surface area contributed by atoms with E-state index >= 15 is 0 Å².